The van der Waals surface area contributed by atoms with Crippen molar-refractivity contribution in [3.63, 3.8) is 0 Å². The Labute approximate surface area is 128 Å². The number of nitrogens with one attached hydrogen (secondary N) is 1. The largest absolute Gasteiger partial charge is 0.392 e. The van der Waals surface area contributed by atoms with Gasteiger partial charge >= 0.3 is 0 Å². The van der Waals surface area contributed by atoms with Gasteiger partial charge in [0, 0.05) is 6.04 Å². The summed E-state index contributed by atoms with van der Waals surface area (Å²) in [6.45, 7) is -0.141. The van der Waals surface area contributed by atoms with Crippen LogP contribution in [0.1, 0.15) is 35.6 Å². The van der Waals surface area contributed by atoms with Gasteiger partial charge in [-0.25, -0.2) is 13.1 Å². The summed E-state index contributed by atoms with van der Waals surface area (Å²) in [5, 5.41) is 10.7. The Morgan fingerprint density at radius 1 is 1.33 bits per heavy atom. The molecule has 2 aromatic rings. The lowest BCUT2D eigenvalue weighted by Crippen LogP contribution is -2.30. The first kappa shape index (κ1) is 14.7. The third kappa shape index (κ3) is 3.03. The van der Waals surface area contributed by atoms with Crippen molar-refractivity contribution in [3.05, 3.63) is 52.4 Å². The molecule has 2 N–H and O–H groups in total. The maximum absolute atomic E-state index is 12.5. The molecule has 1 aromatic carbocycles. The Morgan fingerprint density at radius 2 is 2.14 bits per heavy atom. The molecule has 0 fully saturated rings. The van der Waals surface area contributed by atoms with Crippen LogP contribution in [0.25, 0.3) is 0 Å². The molecular weight excluding hydrogens is 306 g/mol. The van der Waals surface area contributed by atoms with Crippen molar-refractivity contribution in [1.29, 1.82) is 0 Å². The zero-order valence-electron chi connectivity index (χ0n) is 11.5. The monoisotopic (exact) mass is 323 g/mol. The third-order valence-electron chi connectivity index (χ3n) is 3.74. The first-order valence-corrected chi connectivity index (χ1v) is 9.25. The van der Waals surface area contributed by atoms with Crippen LogP contribution in [0.4, 0.5) is 0 Å². The fourth-order valence-corrected chi connectivity index (χ4v) is 5.17. The average Bonchev–Trinajstić information content (AvgIpc) is 2.97. The van der Waals surface area contributed by atoms with E-state index in [4.69, 9.17) is 5.11 Å². The van der Waals surface area contributed by atoms with Crippen LogP contribution in [0.2, 0.25) is 0 Å². The van der Waals surface area contributed by atoms with Gasteiger partial charge in [-0.3, -0.25) is 0 Å². The van der Waals surface area contributed by atoms with Crippen LogP contribution in [-0.2, 0) is 23.1 Å². The quantitative estimate of drug-likeness (QED) is 0.909. The summed E-state index contributed by atoms with van der Waals surface area (Å²) in [7, 11) is -3.53. The van der Waals surface area contributed by atoms with Crippen LogP contribution < -0.4 is 4.72 Å². The van der Waals surface area contributed by atoms with Crippen molar-refractivity contribution in [2.24, 2.45) is 0 Å². The first-order chi connectivity index (χ1) is 10.1. The molecule has 1 unspecified atom stereocenters. The molecule has 3 rings (SSSR count). The molecule has 0 aliphatic heterocycles. The molecule has 112 valence electrons. The second kappa shape index (κ2) is 5.88. The number of fused-ring (bicyclic) bond motifs is 1. The smallest absolute Gasteiger partial charge is 0.250 e. The highest BCUT2D eigenvalue weighted by molar-refractivity contribution is 7.91. The van der Waals surface area contributed by atoms with Crippen molar-refractivity contribution in [1.82, 2.24) is 4.72 Å². The van der Waals surface area contributed by atoms with Gasteiger partial charge in [-0.1, -0.05) is 24.3 Å². The van der Waals surface area contributed by atoms with E-state index in [0.717, 1.165) is 36.2 Å². The Morgan fingerprint density at radius 3 is 2.90 bits per heavy atom. The number of benzene rings is 1. The van der Waals surface area contributed by atoms with Gasteiger partial charge in [-0.15, -0.1) is 11.3 Å². The highest BCUT2D eigenvalue weighted by atomic mass is 32.2. The zero-order chi connectivity index (χ0) is 14.9. The number of hydrogen-bond acceptors (Lipinski definition) is 4. The highest BCUT2D eigenvalue weighted by Crippen LogP contribution is 2.31. The first-order valence-electron chi connectivity index (χ1n) is 6.88. The minimum atomic E-state index is -3.53. The van der Waals surface area contributed by atoms with Crippen molar-refractivity contribution >= 4 is 21.4 Å². The van der Waals surface area contributed by atoms with E-state index < -0.39 is 10.0 Å². The number of aliphatic hydroxyl groups excluding tert-OH is 1. The minimum absolute atomic E-state index is 0.141. The standard InChI is InChI=1S/C15H17NO3S2/c17-9-11-8-15(20-10-11)21(18,19)16-14-7-3-5-12-4-1-2-6-13(12)14/h1-2,4,6,8,10,14,16-17H,3,5,7,9H2. The summed E-state index contributed by atoms with van der Waals surface area (Å²) in [5.74, 6) is 0. The molecule has 0 spiro atoms. The molecule has 0 saturated carbocycles. The van der Waals surface area contributed by atoms with Crippen molar-refractivity contribution in [3.8, 4) is 0 Å². The van der Waals surface area contributed by atoms with E-state index in [1.807, 2.05) is 18.2 Å². The Hall–Kier alpha value is -1.21. The minimum Gasteiger partial charge on any atom is -0.392 e. The summed E-state index contributed by atoms with van der Waals surface area (Å²) >= 11 is 1.14. The van der Waals surface area contributed by atoms with E-state index in [1.165, 1.54) is 11.6 Å². The summed E-state index contributed by atoms with van der Waals surface area (Å²) < 4.78 is 28.0. The zero-order valence-corrected chi connectivity index (χ0v) is 13.1. The lowest BCUT2D eigenvalue weighted by Gasteiger charge is -2.25. The van der Waals surface area contributed by atoms with Gasteiger partial charge in [0.05, 0.1) is 6.61 Å². The molecule has 0 saturated heterocycles. The van der Waals surface area contributed by atoms with E-state index in [0.29, 0.717) is 5.56 Å². The van der Waals surface area contributed by atoms with E-state index in [2.05, 4.69) is 10.8 Å². The molecule has 0 bridgehead atoms. The van der Waals surface area contributed by atoms with Crippen LogP contribution in [0.5, 0.6) is 0 Å². The number of rotatable bonds is 4. The summed E-state index contributed by atoms with van der Waals surface area (Å²) in [6, 6.07) is 9.35. The summed E-state index contributed by atoms with van der Waals surface area (Å²) in [5.41, 5.74) is 2.93. The second-order valence-corrected chi connectivity index (χ2v) is 8.05. The van der Waals surface area contributed by atoms with Crippen LogP contribution in [0.3, 0.4) is 0 Å². The predicted molar refractivity (Wildman–Crippen MR) is 82.7 cm³/mol. The fourth-order valence-electron chi connectivity index (χ4n) is 2.70. The number of sulfonamides is 1. The van der Waals surface area contributed by atoms with Gasteiger partial charge in [-0.2, -0.15) is 0 Å². The van der Waals surface area contributed by atoms with Gasteiger partial charge in [0.1, 0.15) is 4.21 Å². The predicted octanol–water partition coefficient (Wildman–Crippen LogP) is 2.60. The molecule has 1 atom stereocenters. The molecule has 6 heteroatoms. The molecule has 21 heavy (non-hydrogen) atoms. The number of aryl methyl sites for hydroxylation is 1. The van der Waals surface area contributed by atoms with Crippen LogP contribution >= 0.6 is 11.3 Å². The Balaban J connectivity index is 1.86. The fraction of sp³-hybridized carbons (Fsp3) is 0.333. The topological polar surface area (TPSA) is 66.4 Å². The molecule has 1 aliphatic carbocycles. The molecule has 0 radical (unpaired) electrons. The molecule has 1 heterocycles. The third-order valence-corrected chi connectivity index (χ3v) is 6.70. The van der Waals surface area contributed by atoms with E-state index in [1.54, 1.807) is 5.38 Å². The van der Waals surface area contributed by atoms with Crippen LogP contribution in [0.15, 0.2) is 39.9 Å². The molecule has 4 nitrogen and oxygen atoms in total. The van der Waals surface area contributed by atoms with Crippen molar-refractivity contribution in [2.45, 2.75) is 36.1 Å². The van der Waals surface area contributed by atoms with Gasteiger partial charge in [0.25, 0.3) is 10.0 Å². The SMILES string of the molecule is O=S(=O)(NC1CCCc2ccccc21)c1cc(CO)cs1. The maximum atomic E-state index is 12.5. The number of thiophene rings is 1. The molecule has 1 aromatic heterocycles. The van der Waals surface area contributed by atoms with E-state index in [-0.39, 0.29) is 16.9 Å². The van der Waals surface area contributed by atoms with Crippen LogP contribution in [-0.4, -0.2) is 13.5 Å². The van der Waals surface area contributed by atoms with E-state index in [9.17, 15) is 8.42 Å². The van der Waals surface area contributed by atoms with Gasteiger partial charge in [0.2, 0.25) is 0 Å². The average molecular weight is 323 g/mol. The number of aliphatic hydroxyl groups is 1. The van der Waals surface area contributed by atoms with Crippen molar-refractivity contribution < 1.29 is 13.5 Å². The second-order valence-electron chi connectivity index (χ2n) is 5.20. The lowest BCUT2D eigenvalue weighted by molar-refractivity contribution is 0.282. The van der Waals surface area contributed by atoms with Crippen molar-refractivity contribution in [2.75, 3.05) is 0 Å². The van der Waals surface area contributed by atoms with Gasteiger partial charge in [0.15, 0.2) is 0 Å². The lowest BCUT2D eigenvalue weighted by atomic mass is 9.88. The highest BCUT2D eigenvalue weighted by Gasteiger charge is 2.26. The van der Waals surface area contributed by atoms with Crippen LogP contribution in [0, 0.1) is 0 Å². The number of hydrogen-bond donors (Lipinski definition) is 2. The Bertz CT molecular complexity index is 737. The molecule has 1 aliphatic rings. The Kier molecular flexibility index (Phi) is 4.12. The maximum Gasteiger partial charge on any atom is 0.250 e. The van der Waals surface area contributed by atoms with Gasteiger partial charge in [-0.05, 0) is 47.4 Å². The molecule has 0 amide bonds. The van der Waals surface area contributed by atoms with Gasteiger partial charge < -0.3 is 5.11 Å². The van der Waals surface area contributed by atoms with E-state index >= 15 is 0 Å². The normalized spacial score (nSPS) is 18.4. The molecular formula is C15H17NO3S2. The summed E-state index contributed by atoms with van der Waals surface area (Å²) in [6.07, 6.45) is 2.80. The summed E-state index contributed by atoms with van der Waals surface area (Å²) in [4.78, 5) is 0.